The van der Waals surface area contributed by atoms with Crippen molar-refractivity contribution in [2.45, 2.75) is 76.2 Å². The van der Waals surface area contributed by atoms with E-state index in [0.29, 0.717) is 5.92 Å². The van der Waals surface area contributed by atoms with Gasteiger partial charge in [-0.2, -0.15) is 0 Å². The number of carbonyl (C=O) groups is 2. The second-order valence-electron chi connectivity index (χ2n) is 11.3. The lowest BCUT2D eigenvalue weighted by atomic mass is 10.1. The minimum Gasteiger partial charge on any atom is -0.413 e. The molecule has 4 heterocycles. The Hall–Kier alpha value is -2.23. The summed E-state index contributed by atoms with van der Waals surface area (Å²) in [6, 6.07) is 1.87. The van der Waals surface area contributed by atoms with Gasteiger partial charge in [-0.3, -0.25) is 14.6 Å². The van der Waals surface area contributed by atoms with Crippen LogP contribution in [0.25, 0.3) is 5.65 Å². The molecule has 3 aliphatic rings. The van der Waals surface area contributed by atoms with Crippen molar-refractivity contribution in [3.05, 3.63) is 29.7 Å². The quantitative estimate of drug-likeness (QED) is 0.528. The molecule has 178 valence electrons. The Morgan fingerprint density at radius 3 is 2.52 bits per heavy atom. The van der Waals surface area contributed by atoms with Gasteiger partial charge in [0.1, 0.15) is 6.54 Å². The monoisotopic (exact) mass is 469 g/mol. The van der Waals surface area contributed by atoms with Crippen LogP contribution in [0.3, 0.4) is 0 Å². The number of fused-ring (bicyclic) bond motifs is 1. The van der Waals surface area contributed by atoms with Gasteiger partial charge in [0.2, 0.25) is 5.91 Å². The van der Waals surface area contributed by atoms with Crippen molar-refractivity contribution in [3.8, 4) is 0 Å². The lowest BCUT2D eigenvalue weighted by Crippen LogP contribution is -2.44. The van der Waals surface area contributed by atoms with E-state index in [0.717, 1.165) is 42.8 Å². The van der Waals surface area contributed by atoms with Gasteiger partial charge >= 0.3 is 6.03 Å². The molecule has 2 aromatic heterocycles. The molecule has 2 atom stereocenters. The molecule has 0 bridgehead atoms. The van der Waals surface area contributed by atoms with Crippen LogP contribution in [0.5, 0.6) is 0 Å². The molecule has 1 saturated carbocycles. The average molecular weight is 470 g/mol. The first-order valence-corrected chi connectivity index (χ1v) is 14.9. The zero-order chi connectivity index (χ0) is 23.7. The fourth-order valence-electron chi connectivity index (χ4n) is 4.52. The maximum atomic E-state index is 12.7. The molecule has 3 fully saturated rings. The van der Waals surface area contributed by atoms with Gasteiger partial charge in [-0.1, -0.05) is 20.8 Å². The van der Waals surface area contributed by atoms with Gasteiger partial charge in [0, 0.05) is 26.0 Å². The Labute approximate surface area is 196 Å². The molecule has 0 spiro atoms. The van der Waals surface area contributed by atoms with Crippen LogP contribution in [-0.2, 0) is 9.22 Å². The van der Waals surface area contributed by atoms with Crippen molar-refractivity contribution < 1.29 is 14.0 Å². The molecule has 0 radical (unpaired) electrons. The number of urea groups is 1. The number of rotatable bonds is 5. The molecule has 0 aromatic carbocycles. The van der Waals surface area contributed by atoms with Crippen molar-refractivity contribution in [2.24, 2.45) is 0 Å². The zero-order valence-corrected chi connectivity index (χ0v) is 21.5. The summed E-state index contributed by atoms with van der Waals surface area (Å²) in [5.74, 6) is 0.335. The second kappa shape index (κ2) is 7.64. The molecule has 0 unspecified atom stereocenters. The van der Waals surface area contributed by atoms with E-state index in [2.05, 4.69) is 57.6 Å². The van der Waals surface area contributed by atoms with Crippen molar-refractivity contribution in [1.82, 2.24) is 19.6 Å². The summed E-state index contributed by atoms with van der Waals surface area (Å²) in [7, 11) is -0.303. The van der Waals surface area contributed by atoms with Crippen LogP contribution in [0.2, 0.25) is 18.1 Å². The summed E-state index contributed by atoms with van der Waals surface area (Å²) in [5.41, 5.74) is 3.61. The normalized spacial score (nSPS) is 24.5. The molecule has 9 heteroatoms. The number of nitrogens with one attached hydrogen (secondary N) is 1. The third-order valence-corrected chi connectivity index (χ3v) is 12.3. The van der Waals surface area contributed by atoms with Gasteiger partial charge in [-0.05, 0) is 54.9 Å². The van der Waals surface area contributed by atoms with E-state index < -0.39 is 8.32 Å². The fourth-order valence-corrected chi connectivity index (χ4v) is 5.89. The van der Waals surface area contributed by atoms with E-state index in [1.807, 2.05) is 4.40 Å². The minimum absolute atomic E-state index is 0.0609. The SMILES string of the molecule is CN1C(=O)CN(c2cc(C3CC3)cn3cc([C@H]4C[C@H](O[Si](C)(C)C(C)(C)C)CN4)nc23)C1=O. The highest BCUT2D eigenvalue weighted by molar-refractivity contribution is 6.74. The number of amides is 3. The average Bonchev–Trinajstić information content (AvgIpc) is 3.24. The third kappa shape index (κ3) is 4.00. The molecular weight excluding hydrogens is 434 g/mol. The van der Waals surface area contributed by atoms with Crippen LogP contribution in [0, 0.1) is 0 Å². The summed E-state index contributed by atoms with van der Waals surface area (Å²) >= 11 is 0. The predicted octanol–water partition coefficient (Wildman–Crippen LogP) is 4.03. The van der Waals surface area contributed by atoms with E-state index in [-0.39, 0.29) is 35.7 Å². The van der Waals surface area contributed by atoms with E-state index >= 15 is 0 Å². The summed E-state index contributed by atoms with van der Waals surface area (Å²) < 4.78 is 8.68. The van der Waals surface area contributed by atoms with Crippen LogP contribution < -0.4 is 10.2 Å². The topological polar surface area (TPSA) is 79.2 Å². The lowest BCUT2D eigenvalue weighted by molar-refractivity contribution is -0.123. The first-order valence-electron chi connectivity index (χ1n) is 12.0. The summed E-state index contributed by atoms with van der Waals surface area (Å²) in [6.45, 7) is 12.3. The number of anilines is 1. The van der Waals surface area contributed by atoms with Crippen molar-refractivity contribution in [1.29, 1.82) is 0 Å². The van der Waals surface area contributed by atoms with Gasteiger partial charge in [-0.15, -0.1) is 0 Å². The van der Waals surface area contributed by atoms with E-state index in [1.54, 1.807) is 4.90 Å². The van der Waals surface area contributed by atoms with Gasteiger partial charge in [0.05, 0.1) is 23.5 Å². The predicted molar refractivity (Wildman–Crippen MR) is 130 cm³/mol. The molecule has 1 N–H and O–H groups in total. The Morgan fingerprint density at radius 1 is 1.18 bits per heavy atom. The molecule has 2 aromatic rings. The third-order valence-electron chi connectivity index (χ3n) is 7.81. The molecule has 33 heavy (non-hydrogen) atoms. The first-order chi connectivity index (χ1) is 15.4. The maximum absolute atomic E-state index is 12.7. The largest absolute Gasteiger partial charge is 0.413 e. The van der Waals surface area contributed by atoms with Crippen LogP contribution in [0.15, 0.2) is 18.5 Å². The number of nitrogens with zero attached hydrogens (tertiary/aromatic N) is 4. The highest BCUT2D eigenvalue weighted by atomic mass is 28.4. The molecule has 3 amide bonds. The number of carbonyl (C=O) groups excluding carboxylic acids is 2. The Morgan fingerprint density at radius 2 is 1.91 bits per heavy atom. The smallest absolute Gasteiger partial charge is 0.331 e. The van der Waals surface area contributed by atoms with Gasteiger partial charge in [0.15, 0.2) is 14.0 Å². The second-order valence-corrected chi connectivity index (χ2v) is 16.1. The van der Waals surface area contributed by atoms with Crippen molar-refractivity contribution >= 4 is 31.6 Å². The van der Waals surface area contributed by atoms with Crippen LogP contribution in [0.1, 0.15) is 63.3 Å². The first kappa shape index (κ1) is 22.6. The van der Waals surface area contributed by atoms with E-state index in [4.69, 9.17) is 9.41 Å². The Bertz CT molecular complexity index is 1120. The Balaban J connectivity index is 1.44. The Kier molecular flexibility index (Phi) is 5.22. The summed E-state index contributed by atoms with van der Waals surface area (Å²) in [5, 5.41) is 3.77. The van der Waals surface area contributed by atoms with Gasteiger partial charge in [0.25, 0.3) is 0 Å². The number of likely N-dealkylation sites (N-methyl/N-ethyl adjacent to an activating group) is 1. The lowest BCUT2D eigenvalue weighted by Gasteiger charge is -2.38. The molecule has 1 aliphatic carbocycles. The number of imide groups is 1. The van der Waals surface area contributed by atoms with E-state index in [1.165, 1.54) is 17.5 Å². The molecular formula is C24H35N5O3Si. The highest BCUT2D eigenvalue weighted by Crippen LogP contribution is 2.43. The number of hydrogen-bond acceptors (Lipinski definition) is 5. The van der Waals surface area contributed by atoms with Crippen LogP contribution >= 0.6 is 0 Å². The maximum Gasteiger partial charge on any atom is 0.331 e. The molecule has 2 aliphatic heterocycles. The number of aromatic nitrogens is 2. The van der Waals surface area contributed by atoms with Crippen molar-refractivity contribution in [3.63, 3.8) is 0 Å². The van der Waals surface area contributed by atoms with Gasteiger partial charge in [-0.25, -0.2) is 9.78 Å². The summed E-state index contributed by atoms with van der Waals surface area (Å²) in [4.78, 5) is 32.6. The molecule has 2 saturated heterocycles. The fraction of sp³-hybridized carbons (Fsp3) is 0.625. The number of imidazole rings is 1. The van der Waals surface area contributed by atoms with E-state index in [9.17, 15) is 9.59 Å². The summed E-state index contributed by atoms with van der Waals surface area (Å²) in [6.07, 6.45) is 7.59. The standard InChI is InChI=1S/C24H35N5O3Si/c1-24(2,3)33(5,6)32-17-10-18(25-11-17)19-13-28-12-16(15-7-8-15)9-20(22(28)26-19)29-14-21(30)27(4)23(29)31/h9,12-13,15,17-18,25H,7-8,10-11,14H2,1-6H3/t17-,18+/m0/s1. The molecule has 5 rings (SSSR count). The highest BCUT2D eigenvalue weighted by Gasteiger charge is 2.41. The number of hydrogen-bond donors (Lipinski definition) is 1. The van der Waals surface area contributed by atoms with Gasteiger partial charge < -0.3 is 14.1 Å². The zero-order valence-electron chi connectivity index (χ0n) is 20.5. The number of pyridine rings is 1. The van der Waals surface area contributed by atoms with Crippen molar-refractivity contribution in [2.75, 3.05) is 25.0 Å². The van der Waals surface area contributed by atoms with Crippen LogP contribution in [-0.4, -0.2) is 60.8 Å². The minimum atomic E-state index is -1.84. The van der Waals surface area contributed by atoms with Crippen LogP contribution in [0.4, 0.5) is 10.5 Å². The molecule has 8 nitrogen and oxygen atoms in total.